The Balaban J connectivity index is 2.07. The van der Waals surface area contributed by atoms with E-state index in [0.29, 0.717) is 15.8 Å². The number of ether oxygens (including phenoxy) is 1. The maximum absolute atomic E-state index is 11.4. The Hall–Kier alpha value is -1.99. The van der Waals surface area contributed by atoms with Crippen molar-refractivity contribution in [2.24, 2.45) is 5.14 Å². The molecule has 1 heterocycles. The van der Waals surface area contributed by atoms with Gasteiger partial charge in [-0.2, -0.15) is 0 Å². The van der Waals surface area contributed by atoms with Gasteiger partial charge in [-0.1, -0.05) is 23.2 Å². The van der Waals surface area contributed by atoms with Crippen molar-refractivity contribution in [2.75, 3.05) is 7.11 Å². The smallest absolute Gasteiger partial charge is 0.238 e. The number of benzene rings is 2. The van der Waals surface area contributed by atoms with E-state index >= 15 is 0 Å². The SMILES string of the molecule is COc1c(Cl)cc(-c2cccn2-c2ccc(S(N)(=O)=O)cc2)cc1Cl. The molecule has 1 aromatic heterocycles. The first-order valence-electron chi connectivity index (χ1n) is 7.15. The van der Waals surface area contributed by atoms with Gasteiger partial charge >= 0.3 is 0 Å². The van der Waals surface area contributed by atoms with Crippen molar-refractivity contribution in [1.82, 2.24) is 4.57 Å². The monoisotopic (exact) mass is 396 g/mol. The minimum Gasteiger partial charge on any atom is -0.494 e. The lowest BCUT2D eigenvalue weighted by Crippen LogP contribution is -2.12. The third kappa shape index (κ3) is 3.52. The molecular weight excluding hydrogens is 383 g/mol. The number of aromatic nitrogens is 1. The molecular formula is C17H14Cl2N2O3S. The maximum Gasteiger partial charge on any atom is 0.238 e. The van der Waals surface area contributed by atoms with Crippen LogP contribution in [0.25, 0.3) is 16.9 Å². The summed E-state index contributed by atoms with van der Waals surface area (Å²) < 4.78 is 29.8. The number of nitrogens with two attached hydrogens (primary N) is 1. The van der Waals surface area contributed by atoms with E-state index in [0.717, 1.165) is 16.9 Å². The maximum atomic E-state index is 11.4. The number of halogens is 2. The van der Waals surface area contributed by atoms with Crippen LogP contribution < -0.4 is 9.88 Å². The number of rotatable bonds is 4. The number of hydrogen-bond acceptors (Lipinski definition) is 3. The predicted octanol–water partition coefficient (Wildman–Crippen LogP) is 4.11. The van der Waals surface area contributed by atoms with Gasteiger partial charge in [0, 0.05) is 17.4 Å². The second-order valence-electron chi connectivity index (χ2n) is 5.28. The van der Waals surface area contributed by atoms with Crippen molar-refractivity contribution >= 4 is 33.2 Å². The number of sulfonamides is 1. The topological polar surface area (TPSA) is 74.3 Å². The summed E-state index contributed by atoms with van der Waals surface area (Å²) in [5.74, 6) is 0.419. The molecule has 0 atom stereocenters. The first-order chi connectivity index (χ1) is 11.8. The summed E-state index contributed by atoms with van der Waals surface area (Å²) in [6.07, 6.45) is 1.85. The molecule has 3 rings (SSSR count). The van der Waals surface area contributed by atoms with Crippen LogP contribution in [0.2, 0.25) is 10.0 Å². The molecule has 5 nitrogen and oxygen atoms in total. The standard InChI is InChI=1S/C17H14Cl2N2O3S/c1-24-17-14(18)9-11(10-15(17)19)16-3-2-8-21(16)12-4-6-13(7-5-12)25(20,22)23/h2-10H,1H3,(H2,20,22,23). The highest BCUT2D eigenvalue weighted by atomic mass is 35.5. The lowest BCUT2D eigenvalue weighted by Gasteiger charge is -2.12. The quantitative estimate of drug-likeness (QED) is 0.720. The highest BCUT2D eigenvalue weighted by molar-refractivity contribution is 7.89. The van der Waals surface area contributed by atoms with E-state index in [1.54, 1.807) is 24.3 Å². The van der Waals surface area contributed by atoms with Gasteiger partial charge in [0.2, 0.25) is 10.0 Å². The number of primary sulfonamides is 1. The summed E-state index contributed by atoms with van der Waals surface area (Å²) in [4.78, 5) is 0.0560. The summed E-state index contributed by atoms with van der Waals surface area (Å²) in [5.41, 5.74) is 2.42. The molecule has 2 aromatic carbocycles. The van der Waals surface area contributed by atoms with Gasteiger partial charge in [-0.3, -0.25) is 0 Å². The second kappa shape index (κ2) is 6.72. The van der Waals surface area contributed by atoms with Crippen LogP contribution in [-0.2, 0) is 10.0 Å². The third-order valence-corrected chi connectivity index (χ3v) is 5.18. The molecule has 2 N–H and O–H groups in total. The summed E-state index contributed by atoms with van der Waals surface area (Å²) in [7, 11) is -2.23. The van der Waals surface area contributed by atoms with Gasteiger partial charge < -0.3 is 9.30 Å². The Labute approximate surface area is 155 Å². The van der Waals surface area contributed by atoms with Crippen LogP contribution in [0.4, 0.5) is 0 Å². The van der Waals surface area contributed by atoms with Gasteiger partial charge in [0.1, 0.15) is 0 Å². The fraction of sp³-hybridized carbons (Fsp3) is 0.0588. The zero-order chi connectivity index (χ0) is 18.2. The Morgan fingerprint density at radius 3 is 2.16 bits per heavy atom. The summed E-state index contributed by atoms with van der Waals surface area (Å²) in [6.45, 7) is 0. The molecule has 0 radical (unpaired) electrons. The van der Waals surface area contributed by atoms with Gasteiger partial charge in [-0.25, -0.2) is 13.6 Å². The molecule has 3 aromatic rings. The number of nitrogens with zero attached hydrogens (tertiary/aromatic N) is 1. The molecule has 25 heavy (non-hydrogen) atoms. The lowest BCUT2D eigenvalue weighted by molar-refractivity contribution is 0.415. The van der Waals surface area contributed by atoms with Crippen LogP contribution in [0.15, 0.2) is 59.6 Å². The van der Waals surface area contributed by atoms with Gasteiger partial charge in [0.15, 0.2) is 5.75 Å². The highest BCUT2D eigenvalue weighted by Gasteiger charge is 2.13. The fourth-order valence-electron chi connectivity index (χ4n) is 2.54. The first kappa shape index (κ1) is 17.8. The minimum atomic E-state index is -3.73. The van der Waals surface area contributed by atoms with Crippen LogP contribution in [-0.4, -0.2) is 20.1 Å². The normalized spacial score (nSPS) is 11.5. The Bertz CT molecular complexity index is 1010. The van der Waals surface area contributed by atoms with Crippen LogP contribution in [0, 0.1) is 0 Å². The van der Waals surface area contributed by atoms with Gasteiger partial charge in [0.25, 0.3) is 0 Å². The summed E-state index contributed by atoms with van der Waals surface area (Å²) in [6, 6.07) is 13.6. The third-order valence-electron chi connectivity index (χ3n) is 3.69. The summed E-state index contributed by atoms with van der Waals surface area (Å²) >= 11 is 12.4. The molecule has 0 spiro atoms. The molecule has 0 unspecified atom stereocenters. The number of methoxy groups -OCH3 is 1. The molecule has 0 saturated carbocycles. The fourth-order valence-corrected chi connectivity index (χ4v) is 3.70. The molecule has 0 fully saturated rings. The first-order valence-corrected chi connectivity index (χ1v) is 9.45. The lowest BCUT2D eigenvalue weighted by atomic mass is 10.1. The minimum absolute atomic E-state index is 0.0560. The molecule has 0 aliphatic rings. The van der Waals surface area contributed by atoms with Crippen LogP contribution >= 0.6 is 23.2 Å². The van der Waals surface area contributed by atoms with Crippen molar-refractivity contribution < 1.29 is 13.2 Å². The Morgan fingerprint density at radius 2 is 1.64 bits per heavy atom. The highest BCUT2D eigenvalue weighted by Crippen LogP contribution is 2.37. The molecule has 0 saturated heterocycles. The van der Waals surface area contributed by atoms with E-state index in [1.165, 1.54) is 19.2 Å². The molecule has 0 aliphatic heterocycles. The summed E-state index contributed by atoms with van der Waals surface area (Å²) in [5, 5.41) is 5.94. The van der Waals surface area contributed by atoms with Crippen LogP contribution in [0.5, 0.6) is 5.75 Å². The van der Waals surface area contributed by atoms with Gasteiger partial charge in [0.05, 0.1) is 27.7 Å². The molecule has 130 valence electrons. The van der Waals surface area contributed by atoms with Crippen molar-refractivity contribution in [3.05, 3.63) is 64.8 Å². The zero-order valence-electron chi connectivity index (χ0n) is 13.1. The van der Waals surface area contributed by atoms with Gasteiger partial charge in [-0.05, 0) is 48.5 Å². The molecule has 0 bridgehead atoms. The van der Waals surface area contributed by atoms with E-state index in [4.69, 9.17) is 33.1 Å². The van der Waals surface area contributed by atoms with E-state index in [1.807, 2.05) is 22.9 Å². The largest absolute Gasteiger partial charge is 0.494 e. The Morgan fingerprint density at radius 1 is 1.04 bits per heavy atom. The van der Waals surface area contributed by atoms with Crippen molar-refractivity contribution in [1.29, 1.82) is 0 Å². The van der Waals surface area contributed by atoms with Crippen LogP contribution in [0.3, 0.4) is 0 Å². The van der Waals surface area contributed by atoms with E-state index in [2.05, 4.69) is 0 Å². The van der Waals surface area contributed by atoms with Crippen molar-refractivity contribution in [2.45, 2.75) is 4.90 Å². The average Bonchev–Trinajstić information content (AvgIpc) is 3.03. The van der Waals surface area contributed by atoms with Gasteiger partial charge in [-0.15, -0.1) is 0 Å². The average molecular weight is 397 g/mol. The molecule has 0 aliphatic carbocycles. The number of hydrogen-bond donors (Lipinski definition) is 1. The predicted molar refractivity (Wildman–Crippen MR) is 99.2 cm³/mol. The Kier molecular flexibility index (Phi) is 4.79. The van der Waals surface area contributed by atoms with Crippen molar-refractivity contribution in [3.63, 3.8) is 0 Å². The molecule has 0 amide bonds. The zero-order valence-corrected chi connectivity index (χ0v) is 15.4. The molecule has 8 heteroatoms. The van der Waals surface area contributed by atoms with Crippen LogP contribution in [0.1, 0.15) is 0 Å². The van der Waals surface area contributed by atoms with E-state index in [-0.39, 0.29) is 4.90 Å². The van der Waals surface area contributed by atoms with E-state index in [9.17, 15) is 8.42 Å². The second-order valence-corrected chi connectivity index (χ2v) is 7.65. The van der Waals surface area contributed by atoms with Crippen molar-refractivity contribution in [3.8, 4) is 22.7 Å². The van der Waals surface area contributed by atoms with E-state index < -0.39 is 10.0 Å².